The summed E-state index contributed by atoms with van der Waals surface area (Å²) in [6, 6.07) is 19.1. The lowest BCUT2D eigenvalue weighted by Crippen LogP contribution is -2.26. The molecule has 30 heavy (non-hydrogen) atoms. The lowest BCUT2D eigenvalue weighted by atomic mass is 10.1. The lowest BCUT2D eigenvalue weighted by Gasteiger charge is -2.18. The predicted molar refractivity (Wildman–Crippen MR) is 113 cm³/mol. The second kappa shape index (κ2) is 9.19. The van der Waals surface area contributed by atoms with E-state index in [2.05, 4.69) is 5.32 Å². The van der Waals surface area contributed by atoms with Gasteiger partial charge in [-0.2, -0.15) is 0 Å². The number of nitrogens with one attached hydrogen (secondary N) is 1. The molecule has 0 aliphatic rings. The SMILES string of the molecule is Cc1ccc(NC(=O)C(OC(=O)c2ccccc2Cl)c2ccccc2)c([N+](=O)[O-])c1. The maximum Gasteiger partial charge on any atom is 0.340 e. The average Bonchev–Trinajstić information content (AvgIpc) is 2.73. The molecule has 0 aliphatic carbocycles. The molecule has 7 nitrogen and oxygen atoms in total. The van der Waals surface area contributed by atoms with Crippen LogP contribution >= 0.6 is 11.6 Å². The van der Waals surface area contributed by atoms with Gasteiger partial charge in [0.05, 0.1) is 15.5 Å². The number of benzene rings is 3. The summed E-state index contributed by atoms with van der Waals surface area (Å²) >= 11 is 6.05. The first-order valence-corrected chi connectivity index (χ1v) is 9.31. The van der Waals surface area contributed by atoms with Gasteiger partial charge in [-0.3, -0.25) is 14.9 Å². The van der Waals surface area contributed by atoms with Crippen LogP contribution in [-0.2, 0) is 9.53 Å². The molecule has 0 fully saturated rings. The third-order valence-electron chi connectivity index (χ3n) is 4.27. The molecule has 3 rings (SSSR count). The molecule has 1 atom stereocenters. The van der Waals surface area contributed by atoms with Crippen molar-refractivity contribution in [2.75, 3.05) is 5.32 Å². The number of ether oxygens (including phenoxy) is 1. The van der Waals surface area contributed by atoms with Crippen LogP contribution in [0.5, 0.6) is 0 Å². The number of hydrogen-bond donors (Lipinski definition) is 1. The Morgan fingerprint density at radius 3 is 2.37 bits per heavy atom. The van der Waals surface area contributed by atoms with E-state index in [1.54, 1.807) is 55.5 Å². The summed E-state index contributed by atoms with van der Waals surface area (Å²) in [6.07, 6.45) is -1.34. The fourth-order valence-electron chi connectivity index (χ4n) is 2.79. The Kier molecular flexibility index (Phi) is 6.44. The second-order valence-electron chi connectivity index (χ2n) is 6.44. The zero-order valence-electron chi connectivity index (χ0n) is 15.9. The lowest BCUT2D eigenvalue weighted by molar-refractivity contribution is -0.384. The Morgan fingerprint density at radius 1 is 1.03 bits per heavy atom. The van der Waals surface area contributed by atoms with E-state index in [4.69, 9.17) is 16.3 Å². The van der Waals surface area contributed by atoms with E-state index in [-0.39, 0.29) is 22.0 Å². The highest BCUT2D eigenvalue weighted by molar-refractivity contribution is 6.33. The molecule has 152 valence electrons. The Balaban J connectivity index is 1.92. The highest BCUT2D eigenvalue weighted by atomic mass is 35.5. The number of amides is 1. The van der Waals surface area contributed by atoms with Gasteiger partial charge in [0.25, 0.3) is 11.6 Å². The number of rotatable bonds is 6. The van der Waals surface area contributed by atoms with Gasteiger partial charge in [0.1, 0.15) is 5.69 Å². The van der Waals surface area contributed by atoms with Crippen LogP contribution in [0.1, 0.15) is 27.6 Å². The largest absolute Gasteiger partial charge is 0.444 e. The van der Waals surface area contributed by atoms with Gasteiger partial charge in [0.15, 0.2) is 0 Å². The van der Waals surface area contributed by atoms with Gasteiger partial charge in [0, 0.05) is 11.6 Å². The van der Waals surface area contributed by atoms with Crippen LogP contribution in [0.15, 0.2) is 72.8 Å². The van der Waals surface area contributed by atoms with Gasteiger partial charge in [-0.05, 0) is 30.7 Å². The van der Waals surface area contributed by atoms with Crippen molar-refractivity contribution < 1.29 is 19.2 Å². The smallest absolute Gasteiger partial charge is 0.340 e. The molecule has 0 saturated carbocycles. The van der Waals surface area contributed by atoms with Gasteiger partial charge in [-0.25, -0.2) is 4.79 Å². The number of nitro groups is 1. The van der Waals surface area contributed by atoms with Crippen molar-refractivity contribution in [3.63, 3.8) is 0 Å². The van der Waals surface area contributed by atoms with Crippen LogP contribution in [0.4, 0.5) is 11.4 Å². The second-order valence-corrected chi connectivity index (χ2v) is 6.85. The maximum absolute atomic E-state index is 13.0. The van der Waals surface area contributed by atoms with Crippen LogP contribution in [0.3, 0.4) is 0 Å². The average molecular weight is 425 g/mol. The molecule has 1 unspecified atom stereocenters. The minimum atomic E-state index is -1.34. The van der Waals surface area contributed by atoms with Crippen molar-refractivity contribution in [1.82, 2.24) is 0 Å². The van der Waals surface area contributed by atoms with Crippen LogP contribution in [0.25, 0.3) is 0 Å². The third-order valence-corrected chi connectivity index (χ3v) is 4.60. The molecule has 0 heterocycles. The molecule has 0 aromatic heterocycles. The van der Waals surface area contributed by atoms with Crippen LogP contribution in [0.2, 0.25) is 5.02 Å². The first kappa shape index (κ1) is 21.0. The number of halogens is 1. The fourth-order valence-corrected chi connectivity index (χ4v) is 3.01. The summed E-state index contributed by atoms with van der Waals surface area (Å²) in [5.41, 5.74) is 0.932. The van der Waals surface area contributed by atoms with E-state index in [0.717, 1.165) is 0 Å². The standard InChI is InChI=1S/C22H17ClN2O5/c1-14-11-12-18(19(13-14)25(28)29)24-21(26)20(15-7-3-2-4-8-15)30-22(27)16-9-5-6-10-17(16)23/h2-13,20H,1H3,(H,24,26). The van der Waals surface area contributed by atoms with E-state index in [1.165, 1.54) is 24.3 Å². The van der Waals surface area contributed by atoms with Crippen molar-refractivity contribution in [1.29, 1.82) is 0 Å². The molecule has 3 aromatic rings. The van der Waals surface area contributed by atoms with E-state index in [1.807, 2.05) is 0 Å². The minimum absolute atomic E-state index is 0.00493. The van der Waals surface area contributed by atoms with E-state index >= 15 is 0 Å². The molecule has 1 amide bonds. The van der Waals surface area contributed by atoms with Gasteiger partial charge in [-0.1, -0.05) is 60.1 Å². The van der Waals surface area contributed by atoms with E-state index in [0.29, 0.717) is 11.1 Å². The number of esters is 1. The quantitative estimate of drug-likeness (QED) is 0.337. The molecule has 0 spiro atoms. The predicted octanol–water partition coefficient (Wildman–Crippen LogP) is 5.09. The molecule has 0 aliphatic heterocycles. The first-order chi connectivity index (χ1) is 14.4. The highest BCUT2D eigenvalue weighted by Gasteiger charge is 2.28. The normalized spacial score (nSPS) is 11.4. The Morgan fingerprint density at radius 2 is 1.70 bits per heavy atom. The number of nitro benzene ring substituents is 1. The number of carbonyl (C=O) groups excluding carboxylic acids is 2. The third kappa shape index (κ3) is 4.82. The Hall–Kier alpha value is -3.71. The van der Waals surface area contributed by atoms with Crippen molar-refractivity contribution in [3.8, 4) is 0 Å². The maximum atomic E-state index is 13.0. The molecular formula is C22H17ClN2O5. The zero-order valence-corrected chi connectivity index (χ0v) is 16.6. The van der Waals surface area contributed by atoms with Crippen LogP contribution in [0, 0.1) is 17.0 Å². The molecule has 0 bridgehead atoms. The van der Waals surface area contributed by atoms with Gasteiger partial charge >= 0.3 is 5.97 Å². The number of aryl methyl sites for hydroxylation is 1. The molecule has 8 heteroatoms. The summed E-state index contributed by atoms with van der Waals surface area (Å²) in [7, 11) is 0. The van der Waals surface area contributed by atoms with Gasteiger partial charge < -0.3 is 10.1 Å². The van der Waals surface area contributed by atoms with E-state index < -0.39 is 22.9 Å². The van der Waals surface area contributed by atoms with Gasteiger partial charge in [-0.15, -0.1) is 0 Å². The summed E-state index contributed by atoms with van der Waals surface area (Å²) in [6.45, 7) is 1.71. The summed E-state index contributed by atoms with van der Waals surface area (Å²) < 4.78 is 5.46. The summed E-state index contributed by atoms with van der Waals surface area (Å²) in [5, 5.41) is 14.0. The number of hydrogen-bond acceptors (Lipinski definition) is 5. The number of carbonyl (C=O) groups is 2. The minimum Gasteiger partial charge on any atom is -0.444 e. The van der Waals surface area contributed by atoms with Crippen molar-refractivity contribution in [3.05, 3.63) is 105 Å². The van der Waals surface area contributed by atoms with Crippen LogP contribution < -0.4 is 5.32 Å². The summed E-state index contributed by atoms with van der Waals surface area (Å²) in [4.78, 5) is 36.4. The topological polar surface area (TPSA) is 98.5 Å². The molecule has 1 N–H and O–H groups in total. The molecule has 0 saturated heterocycles. The molecule has 3 aromatic carbocycles. The van der Waals surface area contributed by atoms with Crippen molar-refractivity contribution in [2.45, 2.75) is 13.0 Å². The number of nitrogens with zero attached hydrogens (tertiary/aromatic N) is 1. The first-order valence-electron chi connectivity index (χ1n) is 8.93. The number of anilines is 1. The van der Waals surface area contributed by atoms with Crippen LogP contribution in [-0.4, -0.2) is 16.8 Å². The highest BCUT2D eigenvalue weighted by Crippen LogP contribution is 2.28. The van der Waals surface area contributed by atoms with E-state index in [9.17, 15) is 19.7 Å². The van der Waals surface area contributed by atoms with Crippen molar-refractivity contribution >= 4 is 34.9 Å². The van der Waals surface area contributed by atoms with Gasteiger partial charge in [0.2, 0.25) is 6.10 Å². The molecule has 0 radical (unpaired) electrons. The fraction of sp³-hybridized carbons (Fsp3) is 0.0909. The zero-order chi connectivity index (χ0) is 21.7. The Labute approximate surface area is 177 Å². The van der Waals surface area contributed by atoms with Crippen molar-refractivity contribution in [2.24, 2.45) is 0 Å². The summed E-state index contributed by atoms with van der Waals surface area (Å²) in [5.74, 6) is -1.52. The Bertz CT molecular complexity index is 1100. The molecular weight excluding hydrogens is 408 g/mol. The monoisotopic (exact) mass is 424 g/mol.